The fourth-order valence-electron chi connectivity index (χ4n) is 2.25. The van der Waals surface area contributed by atoms with Gasteiger partial charge in [-0.3, -0.25) is 4.79 Å². The number of aryl methyl sites for hydroxylation is 2. The van der Waals surface area contributed by atoms with Crippen molar-refractivity contribution in [3.05, 3.63) is 63.8 Å². The Kier molecular flexibility index (Phi) is 3.55. The van der Waals surface area contributed by atoms with Gasteiger partial charge in [-0.2, -0.15) is 0 Å². The van der Waals surface area contributed by atoms with Crippen molar-refractivity contribution in [2.24, 2.45) is 0 Å². The Labute approximate surface area is 131 Å². The molecule has 0 unspecified atom stereocenters. The summed E-state index contributed by atoms with van der Waals surface area (Å²) in [5.41, 5.74) is 3.68. The molecule has 0 atom stereocenters. The molecule has 3 rings (SSSR count). The summed E-state index contributed by atoms with van der Waals surface area (Å²) in [6, 6.07) is 13.3. The van der Waals surface area contributed by atoms with Crippen LogP contribution in [0.4, 0.5) is 5.69 Å². The topological polar surface area (TPSA) is 42.2 Å². The van der Waals surface area contributed by atoms with E-state index in [1.54, 1.807) is 6.07 Å². The third kappa shape index (κ3) is 2.85. The number of carbonyl (C=O) groups excluding carboxylic acids is 1. The van der Waals surface area contributed by atoms with Gasteiger partial charge >= 0.3 is 0 Å². The van der Waals surface area contributed by atoms with E-state index in [2.05, 4.69) is 21.2 Å². The number of fused-ring (bicyclic) bond motifs is 1. The fraction of sp³-hybridized carbons (Fsp3) is 0.118. The molecule has 1 N–H and O–H groups in total. The molecule has 0 bridgehead atoms. The minimum atomic E-state index is -0.241. The van der Waals surface area contributed by atoms with Crippen LogP contribution in [0.1, 0.15) is 21.7 Å². The Morgan fingerprint density at radius 2 is 1.90 bits per heavy atom. The van der Waals surface area contributed by atoms with Crippen LogP contribution in [0, 0.1) is 13.8 Å². The van der Waals surface area contributed by atoms with Crippen molar-refractivity contribution in [1.29, 1.82) is 0 Å². The average molecular weight is 344 g/mol. The van der Waals surface area contributed by atoms with E-state index in [0.717, 1.165) is 21.1 Å². The lowest BCUT2D eigenvalue weighted by atomic mass is 10.1. The number of anilines is 1. The Hall–Kier alpha value is -2.07. The second kappa shape index (κ2) is 5.37. The number of halogens is 1. The van der Waals surface area contributed by atoms with Gasteiger partial charge in [0.15, 0.2) is 5.76 Å². The molecule has 0 saturated heterocycles. The van der Waals surface area contributed by atoms with E-state index in [0.29, 0.717) is 11.3 Å². The van der Waals surface area contributed by atoms with Gasteiger partial charge in [-0.1, -0.05) is 33.6 Å². The largest absolute Gasteiger partial charge is 0.451 e. The van der Waals surface area contributed by atoms with Crippen molar-refractivity contribution in [3.8, 4) is 0 Å². The molecule has 0 aliphatic rings. The van der Waals surface area contributed by atoms with Crippen molar-refractivity contribution in [3.63, 3.8) is 0 Å². The lowest BCUT2D eigenvalue weighted by Crippen LogP contribution is -2.11. The Balaban J connectivity index is 1.89. The summed E-state index contributed by atoms with van der Waals surface area (Å²) in [5.74, 6) is 0.0670. The van der Waals surface area contributed by atoms with Crippen LogP contribution >= 0.6 is 15.9 Å². The first-order chi connectivity index (χ1) is 10.0. The summed E-state index contributed by atoms with van der Waals surface area (Å²) in [4.78, 5) is 12.3. The highest BCUT2D eigenvalue weighted by atomic mass is 79.9. The van der Waals surface area contributed by atoms with Crippen LogP contribution in [0.15, 0.2) is 51.4 Å². The minimum Gasteiger partial charge on any atom is -0.451 e. The second-order valence-corrected chi connectivity index (χ2v) is 5.98. The van der Waals surface area contributed by atoms with E-state index in [-0.39, 0.29) is 5.91 Å². The van der Waals surface area contributed by atoms with Crippen LogP contribution in [0.25, 0.3) is 11.0 Å². The molecule has 3 aromatic rings. The number of benzene rings is 2. The molecule has 0 aliphatic carbocycles. The predicted molar refractivity (Wildman–Crippen MR) is 87.8 cm³/mol. The molecule has 1 aromatic heterocycles. The van der Waals surface area contributed by atoms with E-state index < -0.39 is 0 Å². The summed E-state index contributed by atoms with van der Waals surface area (Å²) < 4.78 is 6.53. The monoisotopic (exact) mass is 343 g/mol. The highest BCUT2D eigenvalue weighted by molar-refractivity contribution is 9.10. The van der Waals surface area contributed by atoms with Gasteiger partial charge in [0.2, 0.25) is 0 Å². The lowest BCUT2D eigenvalue weighted by molar-refractivity contribution is 0.0998. The van der Waals surface area contributed by atoms with E-state index in [1.165, 1.54) is 5.56 Å². The molecule has 21 heavy (non-hydrogen) atoms. The van der Waals surface area contributed by atoms with Crippen molar-refractivity contribution >= 4 is 38.5 Å². The molecular formula is C17H14BrNO2. The number of rotatable bonds is 2. The zero-order valence-corrected chi connectivity index (χ0v) is 13.3. The molecule has 0 radical (unpaired) electrons. The van der Waals surface area contributed by atoms with Crippen molar-refractivity contribution in [2.75, 3.05) is 5.32 Å². The van der Waals surface area contributed by atoms with E-state index in [4.69, 9.17) is 4.42 Å². The van der Waals surface area contributed by atoms with Crippen LogP contribution < -0.4 is 5.32 Å². The first-order valence-electron chi connectivity index (χ1n) is 6.60. The number of hydrogen-bond acceptors (Lipinski definition) is 2. The van der Waals surface area contributed by atoms with Gasteiger partial charge in [0.1, 0.15) is 5.58 Å². The number of nitrogens with one attached hydrogen (secondary N) is 1. The number of carbonyl (C=O) groups is 1. The van der Waals surface area contributed by atoms with Crippen LogP contribution in [0.5, 0.6) is 0 Å². The molecule has 1 heterocycles. The first kappa shape index (κ1) is 13.9. The summed E-state index contributed by atoms with van der Waals surface area (Å²) in [5, 5.41) is 3.79. The standard InChI is InChI=1S/C17H14BrNO2/c1-10-3-6-14(11(2)7-10)19-17(20)16-8-12-4-5-13(18)9-15(12)21-16/h3-9H,1-2H3,(H,19,20). The molecular weight excluding hydrogens is 330 g/mol. The van der Waals surface area contributed by atoms with Gasteiger partial charge in [0.05, 0.1) is 0 Å². The smallest absolute Gasteiger partial charge is 0.291 e. The Bertz CT molecular complexity index is 836. The zero-order valence-electron chi connectivity index (χ0n) is 11.7. The van der Waals surface area contributed by atoms with Gasteiger partial charge in [0, 0.05) is 15.5 Å². The zero-order chi connectivity index (χ0) is 15.0. The van der Waals surface area contributed by atoms with E-state index in [9.17, 15) is 4.79 Å². The van der Waals surface area contributed by atoms with Gasteiger partial charge in [-0.05, 0) is 49.7 Å². The summed E-state index contributed by atoms with van der Waals surface area (Å²) in [6.07, 6.45) is 0. The summed E-state index contributed by atoms with van der Waals surface area (Å²) in [7, 11) is 0. The molecule has 0 aliphatic heterocycles. The third-order valence-corrected chi connectivity index (χ3v) is 3.83. The maximum Gasteiger partial charge on any atom is 0.291 e. The van der Waals surface area contributed by atoms with Gasteiger partial charge < -0.3 is 9.73 Å². The number of amides is 1. The number of hydrogen-bond donors (Lipinski definition) is 1. The van der Waals surface area contributed by atoms with Gasteiger partial charge in [0.25, 0.3) is 5.91 Å². The molecule has 0 fully saturated rings. The van der Waals surface area contributed by atoms with E-state index >= 15 is 0 Å². The molecule has 4 heteroatoms. The quantitative estimate of drug-likeness (QED) is 0.706. The lowest BCUT2D eigenvalue weighted by Gasteiger charge is -2.07. The average Bonchev–Trinajstić information content (AvgIpc) is 2.85. The fourth-order valence-corrected chi connectivity index (χ4v) is 2.59. The molecule has 106 valence electrons. The first-order valence-corrected chi connectivity index (χ1v) is 7.40. The van der Waals surface area contributed by atoms with Crippen LogP contribution in [-0.2, 0) is 0 Å². The minimum absolute atomic E-state index is 0.241. The van der Waals surface area contributed by atoms with Crippen LogP contribution in [-0.4, -0.2) is 5.91 Å². The van der Waals surface area contributed by atoms with Crippen LogP contribution in [0.3, 0.4) is 0 Å². The van der Waals surface area contributed by atoms with Crippen LogP contribution in [0.2, 0.25) is 0 Å². The molecule has 0 spiro atoms. The molecule has 2 aromatic carbocycles. The van der Waals surface area contributed by atoms with Gasteiger partial charge in [-0.15, -0.1) is 0 Å². The Morgan fingerprint density at radius 1 is 1.10 bits per heavy atom. The second-order valence-electron chi connectivity index (χ2n) is 5.07. The van der Waals surface area contributed by atoms with Crippen molar-refractivity contribution in [1.82, 2.24) is 0 Å². The van der Waals surface area contributed by atoms with Crippen molar-refractivity contribution in [2.45, 2.75) is 13.8 Å². The van der Waals surface area contributed by atoms with Gasteiger partial charge in [-0.25, -0.2) is 0 Å². The number of furan rings is 1. The highest BCUT2D eigenvalue weighted by Crippen LogP contribution is 2.24. The Morgan fingerprint density at radius 3 is 2.67 bits per heavy atom. The normalized spacial score (nSPS) is 10.8. The predicted octanol–water partition coefficient (Wildman–Crippen LogP) is 5.06. The molecule has 0 saturated carbocycles. The maximum atomic E-state index is 12.3. The van der Waals surface area contributed by atoms with Crippen molar-refractivity contribution < 1.29 is 9.21 Å². The highest BCUT2D eigenvalue weighted by Gasteiger charge is 2.13. The maximum absolute atomic E-state index is 12.3. The third-order valence-electron chi connectivity index (χ3n) is 3.34. The summed E-state index contributed by atoms with van der Waals surface area (Å²) >= 11 is 3.39. The molecule has 1 amide bonds. The van der Waals surface area contributed by atoms with E-state index in [1.807, 2.05) is 50.2 Å². The SMILES string of the molecule is Cc1ccc(NC(=O)c2cc3ccc(Br)cc3o2)c(C)c1. The molecule has 3 nitrogen and oxygen atoms in total. The summed E-state index contributed by atoms with van der Waals surface area (Å²) in [6.45, 7) is 3.99.